The highest BCUT2D eigenvalue weighted by Gasteiger charge is 2.14. The summed E-state index contributed by atoms with van der Waals surface area (Å²) in [6.45, 7) is 0.918. The molecule has 76 valence electrons. The van der Waals surface area contributed by atoms with Crippen molar-refractivity contribution in [2.75, 3.05) is 13.7 Å². The molecule has 0 aliphatic carbocycles. The molecule has 13 heavy (non-hydrogen) atoms. The molecule has 0 radical (unpaired) electrons. The van der Waals surface area contributed by atoms with Crippen LogP contribution in [0.5, 0.6) is 0 Å². The van der Waals surface area contributed by atoms with Gasteiger partial charge in [-0.2, -0.15) is 0 Å². The maximum Gasteiger partial charge on any atom is 0.305 e. The van der Waals surface area contributed by atoms with Gasteiger partial charge in [0.25, 0.3) is 0 Å². The fourth-order valence-corrected chi connectivity index (χ4v) is 1.62. The van der Waals surface area contributed by atoms with Gasteiger partial charge in [0, 0.05) is 13.0 Å². The van der Waals surface area contributed by atoms with Crippen molar-refractivity contribution in [3.63, 3.8) is 0 Å². The van der Waals surface area contributed by atoms with E-state index in [0.717, 1.165) is 25.9 Å². The maximum absolute atomic E-state index is 10.8. The molecule has 0 N–H and O–H groups in total. The molecule has 1 aliphatic rings. The van der Waals surface area contributed by atoms with E-state index < -0.39 is 0 Å². The highest BCUT2D eigenvalue weighted by molar-refractivity contribution is 5.68. The van der Waals surface area contributed by atoms with Crippen molar-refractivity contribution in [3.05, 3.63) is 0 Å². The quantitative estimate of drug-likeness (QED) is 0.486. The highest BCUT2D eigenvalue weighted by Crippen LogP contribution is 2.18. The number of hydrogen-bond acceptors (Lipinski definition) is 3. The molecule has 1 rings (SSSR count). The first-order valence-electron chi connectivity index (χ1n) is 5.01. The number of unbranched alkanes of at least 4 members (excludes halogenated alkanes) is 1. The van der Waals surface area contributed by atoms with E-state index in [-0.39, 0.29) is 5.97 Å². The van der Waals surface area contributed by atoms with Gasteiger partial charge in [-0.25, -0.2) is 0 Å². The molecule has 1 fully saturated rings. The van der Waals surface area contributed by atoms with E-state index in [0.29, 0.717) is 12.5 Å². The van der Waals surface area contributed by atoms with Gasteiger partial charge in [-0.05, 0) is 25.7 Å². The minimum atomic E-state index is -0.104. The third-order valence-electron chi connectivity index (χ3n) is 2.41. The first-order valence-corrected chi connectivity index (χ1v) is 5.01. The van der Waals surface area contributed by atoms with Crippen LogP contribution in [0.25, 0.3) is 0 Å². The van der Waals surface area contributed by atoms with E-state index in [2.05, 4.69) is 4.74 Å². The third kappa shape index (κ3) is 4.27. The molecule has 1 atom stereocenters. The van der Waals surface area contributed by atoms with Gasteiger partial charge in [-0.1, -0.05) is 6.42 Å². The van der Waals surface area contributed by atoms with Gasteiger partial charge in [-0.15, -0.1) is 0 Å². The molecule has 0 aromatic rings. The van der Waals surface area contributed by atoms with Crippen molar-refractivity contribution in [3.8, 4) is 0 Å². The Morgan fingerprint density at radius 3 is 3.00 bits per heavy atom. The van der Waals surface area contributed by atoms with Crippen LogP contribution in [0.4, 0.5) is 0 Å². The van der Waals surface area contributed by atoms with Gasteiger partial charge in [-0.3, -0.25) is 4.79 Å². The minimum Gasteiger partial charge on any atom is -0.469 e. The highest BCUT2D eigenvalue weighted by atomic mass is 16.5. The third-order valence-corrected chi connectivity index (χ3v) is 2.41. The lowest BCUT2D eigenvalue weighted by molar-refractivity contribution is -0.140. The van der Waals surface area contributed by atoms with Crippen molar-refractivity contribution >= 4 is 5.97 Å². The van der Waals surface area contributed by atoms with Gasteiger partial charge >= 0.3 is 5.97 Å². The van der Waals surface area contributed by atoms with Crippen molar-refractivity contribution in [2.45, 2.75) is 44.6 Å². The number of carbonyl (C=O) groups excluding carboxylic acids is 1. The monoisotopic (exact) mass is 186 g/mol. The molecule has 1 heterocycles. The molecular weight excluding hydrogens is 168 g/mol. The summed E-state index contributed by atoms with van der Waals surface area (Å²) in [5, 5.41) is 0. The molecular formula is C10H18O3. The van der Waals surface area contributed by atoms with Crippen LogP contribution in [0.2, 0.25) is 0 Å². The topological polar surface area (TPSA) is 35.5 Å². The van der Waals surface area contributed by atoms with Crippen LogP contribution in [0.15, 0.2) is 0 Å². The van der Waals surface area contributed by atoms with Crippen molar-refractivity contribution in [2.24, 2.45) is 0 Å². The first kappa shape index (κ1) is 10.5. The summed E-state index contributed by atoms with van der Waals surface area (Å²) in [6, 6.07) is 0. The molecule has 0 bridgehead atoms. The summed E-state index contributed by atoms with van der Waals surface area (Å²) in [5.41, 5.74) is 0. The standard InChI is InChI=1S/C10H18O3/c1-12-10(11)7-3-2-5-9-6-4-8-13-9/h9H,2-8H2,1H3. The van der Waals surface area contributed by atoms with Gasteiger partial charge < -0.3 is 9.47 Å². The summed E-state index contributed by atoms with van der Waals surface area (Å²) in [5.74, 6) is -0.104. The van der Waals surface area contributed by atoms with Gasteiger partial charge in [0.15, 0.2) is 0 Å². The molecule has 0 aromatic heterocycles. The molecule has 0 spiro atoms. The Balaban J connectivity index is 1.91. The summed E-state index contributed by atoms with van der Waals surface area (Å²) in [6.07, 6.45) is 6.48. The van der Waals surface area contributed by atoms with Crippen LogP contribution < -0.4 is 0 Å². The molecule has 3 nitrogen and oxygen atoms in total. The largest absolute Gasteiger partial charge is 0.469 e. The summed E-state index contributed by atoms with van der Waals surface area (Å²) in [7, 11) is 1.43. The number of carbonyl (C=O) groups is 1. The smallest absolute Gasteiger partial charge is 0.305 e. The van der Waals surface area contributed by atoms with E-state index >= 15 is 0 Å². The number of esters is 1. The van der Waals surface area contributed by atoms with Crippen molar-refractivity contribution in [1.82, 2.24) is 0 Å². The van der Waals surface area contributed by atoms with Crippen LogP contribution in [-0.4, -0.2) is 25.8 Å². The number of ether oxygens (including phenoxy) is 2. The van der Waals surface area contributed by atoms with Crippen LogP contribution in [0.3, 0.4) is 0 Å². The fraction of sp³-hybridized carbons (Fsp3) is 0.900. The van der Waals surface area contributed by atoms with Crippen LogP contribution >= 0.6 is 0 Å². The average molecular weight is 186 g/mol. The average Bonchev–Trinajstić information content (AvgIpc) is 2.64. The summed E-state index contributed by atoms with van der Waals surface area (Å²) in [4.78, 5) is 10.8. The molecule has 3 heteroatoms. The molecule has 1 aliphatic heterocycles. The van der Waals surface area contributed by atoms with Crippen LogP contribution in [0, 0.1) is 0 Å². The van der Waals surface area contributed by atoms with Gasteiger partial charge in [0.1, 0.15) is 0 Å². The molecule has 0 amide bonds. The van der Waals surface area contributed by atoms with Crippen LogP contribution in [0.1, 0.15) is 38.5 Å². The zero-order chi connectivity index (χ0) is 9.52. The van der Waals surface area contributed by atoms with E-state index in [1.165, 1.54) is 20.0 Å². The lowest BCUT2D eigenvalue weighted by Crippen LogP contribution is -2.05. The predicted molar refractivity (Wildman–Crippen MR) is 49.5 cm³/mol. The minimum absolute atomic E-state index is 0.104. The predicted octanol–water partition coefficient (Wildman–Crippen LogP) is 1.90. The second-order valence-corrected chi connectivity index (χ2v) is 3.46. The van der Waals surface area contributed by atoms with Gasteiger partial charge in [0.2, 0.25) is 0 Å². The summed E-state index contributed by atoms with van der Waals surface area (Å²) < 4.78 is 10.0. The van der Waals surface area contributed by atoms with Crippen LogP contribution in [-0.2, 0) is 14.3 Å². The van der Waals surface area contributed by atoms with E-state index in [1.54, 1.807) is 0 Å². The second kappa shape index (κ2) is 5.97. The molecule has 1 saturated heterocycles. The number of rotatable bonds is 5. The molecule has 0 saturated carbocycles. The van der Waals surface area contributed by atoms with E-state index in [1.807, 2.05) is 0 Å². The molecule has 0 aromatic carbocycles. The SMILES string of the molecule is COC(=O)CCCCC1CCCO1. The zero-order valence-electron chi connectivity index (χ0n) is 8.25. The zero-order valence-corrected chi connectivity index (χ0v) is 8.25. The first-order chi connectivity index (χ1) is 6.33. The lowest BCUT2D eigenvalue weighted by Gasteiger charge is -2.07. The second-order valence-electron chi connectivity index (χ2n) is 3.46. The number of hydrogen-bond donors (Lipinski definition) is 0. The Morgan fingerprint density at radius 2 is 2.38 bits per heavy atom. The fourth-order valence-electron chi connectivity index (χ4n) is 1.62. The number of methoxy groups -OCH3 is 1. The van der Waals surface area contributed by atoms with Crippen molar-refractivity contribution in [1.29, 1.82) is 0 Å². The van der Waals surface area contributed by atoms with E-state index in [4.69, 9.17) is 4.74 Å². The Bertz CT molecular complexity index is 150. The van der Waals surface area contributed by atoms with E-state index in [9.17, 15) is 4.79 Å². The van der Waals surface area contributed by atoms with Crippen molar-refractivity contribution < 1.29 is 14.3 Å². The Labute approximate surface area is 79.4 Å². The Hall–Kier alpha value is -0.570. The summed E-state index contributed by atoms with van der Waals surface area (Å²) >= 11 is 0. The Morgan fingerprint density at radius 1 is 1.54 bits per heavy atom. The lowest BCUT2D eigenvalue weighted by atomic mass is 10.1. The normalized spacial score (nSPS) is 21.8. The Kier molecular flexibility index (Phi) is 4.83. The maximum atomic E-state index is 10.8. The van der Waals surface area contributed by atoms with Gasteiger partial charge in [0.05, 0.1) is 13.2 Å². The molecule has 1 unspecified atom stereocenters.